The van der Waals surface area contributed by atoms with Crippen molar-refractivity contribution in [1.29, 1.82) is 0 Å². The van der Waals surface area contributed by atoms with Crippen LogP contribution in [0.3, 0.4) is 0 Å². The predicted octanol–water partition coefficient (Wildman–Crippen LogP) is 3.20. The number of ether oxygens (including phenoxy) is 2. The Morgan fingerprint density at radius 1 is 1.23 bits per heavy atom. The Hall–Kier alpha value is -1.53. The summed E-state index contributed by atoms with van der Waals surface area (Å²) in [6, 6.07) is 4.23. The van der Waals surface area contributed by atoms with Gasteiger partial charge in [0.1, 0.15) is 5.75 Å². The minimum Gasteiger partial charge on any atom is -0.497 e. The lowest BCUT2D eigenvalue weighted by Crippen LogP contribution is -2.51. The smallest absolute Gasteiger partial charge is 0.416 e. The molecule has 0 aliphatic carbocycles. The van der Waals surface area contributed by atoms with Crippen molar-refractivity contribution < 1.29 is 22.6 Å². The zero-order valence-electron chi connectivity index (χ0n) is 12.5. The number of alkyl halides is 3. The third-order valence-electron chi connectivity index (χ3n) is 4.39. The lowest BCUT2D eigenvalue weighted by molar-refractivity contribution is -0.137. The maximum absolute atomic E-state index is 13.0. The van der Waals surface area contributed by atoms with Gasteiger partial charge >= 0.3 is 6.18 Å². The monoisotopic (exact) mass is 313 g/mol. The topological polar surface area (TPSA) is 21.7 Å². The van der Waals surface area contributed by atoms with Crippen LogP contribution in [-0.2, 0) is 10.9 Å². The van der Waals surface area contributed by atoms with E-state index < -0.39 is 11.7 Å². The van der Waals surface area contributed by atoms with Gasteiger partial charge in [-0.2, -0.15) is 13.2 Å². The number of halogens is 3. The van der Waals surface area contributed by atoms with Gasteiger partial charge in [0, 0.05) is 6.04 Å². The molecule has 2 heterocycles. The third kappa shape index (κ3) is 2.85. The molecule has 0 amide bonds. The van der Waals surface area contributed by atoms with Crippen molar-refractivity contribution in [2.45, 2.75) is 24.7 Å². The Bertz CT molecular complexity index is 598. The van der Waals surface area contributed by atoms with E-state index in [2.05, 4.69) is 4.90 Å². The van der Waals surface area contributed by atoms with E-state index in [1.165, 1.54) is 13.2 Å². The molecule has 22 heavy (non-hydrogen) atoms. The zero-order chi connectivity index (χ0) is 15.9. The van der Waals surface area contributed by atoms with Gasteiger partial charge in [-0.1, -0.05) is 6.08 Å². The maximum atomic E-state index is 13.0. The van der Waals surface area contributed by atoms with Crippen molar-refractivity contribution in [3.8, 4) is 5.75 Å². The van der Waals surface area contributed by atoms with Crippen molar-refractivity contribution in [1.82, 2.24) is 4.90 Å². The quantitative estimate of drug-likeness (QED) is 0.837. The summed E-state index contributed by atoms with van der Waals surface area (Å²) >= 11 is 0. The fourth-order valence-corrected chi connectivity index (χ4v) is 3.03. The van der Waals surface area contributed by atoms with Crippen LogP contribution >= 0.6 is 0 Å². The molecule has 2 unspecified atom stereocenters. The van der Waals surface area contributed by atoms with E-state index in [9.17, 15) is 13.2 Å². The van der Waals surface area contributed by atoms with E-state index in [1.54, 1.807) is 6.07 Å². The highest BCUT2D eigenvalue weighted by molar-refractivity contribution is 5.69. The van der Waals surface area contributed by atoms with Crippen LogP contribution in [0.1, 0.15) is 17.5 Å². The molecule has 0 saturated carbocycles. The molecule has 2 aliphatic heterocycles. The van der Waals surface area contributed by atoms with Gasteiger partial charge in [0.2, 0.25) is 0 Å². The van der Waals surface area contributed by atoms with Gasteiger partial charge in [-0.15, -0.1) is 0 Å². The number of morpholine rings is 1. The standard InChI is InChI=1S/C16H18F3NO2/c1-20-13-4-11(5-14(20)9-22-8-13)10-3-12(16(17,18)19)7-15(6-10)21-2/h3-4,6-7,13-14H,5,8-9H2,1-2H3. The van der Waals surface area contributed by atoms with Crippen LogP contribution in [0.2, 0.25) is 0 Å². The van der Waals surface area contributed by atoms with E-state index in [4.69, 9.17) is 9.47 Å². The van der Waals surface area contributed by atoms with Crippen molar-refractivity contribution in [3.05, 3.63) is 35.4 Å². The number of methoxy groups -OCH3 is 1. The average Bonchev–Trinajstić information content (AvgIpc) is 2.45. The molecule has 0 spiro atoms. The highest BCUT2D eigenvalue weighted by Crippen LogP contribution is 2.37. The van der Waals surface area contributed by atoms with E-state index >= 15 is 0 Å². The number of nitrogens with zero attached hydrogens (tertiary/aromatic N) is 1. The number of fused-ring (bicyclic) bond motifs is 2. The minimum absolute atomic E-state index is 0.114. The average molecular weight is 313 g/mol. The van der Waals surface area contributed by atoms with Crippen LogP contribution in [0.25, 0.3) is 5.57 Å². The summed E-state index contributed by atoms with van der Waals surface area (Å²) in [5, 5.41) is 0. The molecule has 2 atom stereocenters. The molecule has 0 N–H and O–H groups in total. The fraction of sp³-hybridized carbons (Fsp3) is 0.500. The van der Waals surface area contributed by atoms with E-state index in [1.807, 2.05) is 13.1 Å². The molecule has 1 aromatic carbocycles. The van der Waals surface area contributed by atoms with Crippen molar-refractivity contribution in [2.24, 2.45) is 0 Å². The highest BCUT2D eigenvalue weighted by Gasteiger charge is 2.34. The first-order valence-electron chi connectivity index (χ1n) is 7.15. The van der Waals surface area contributed by atoms with Gasteiger partial charge in [-0.3, -0.25) is 4.90 Å². The lowest BCUT2D eigenvalue weighted by atomic mass is 9.89. The number of likely N-dealkylation sites (N-methyl/N-ethyl adjacent to an activating group) is 1. The third-order valence-corrected chi connectivity index (χ3v) is 4.39. The summed E-state index contributed by atoms with van der Waals surface area (Å²) in [4.78, 5) is 2.22. The molecule has 1 saturated heterocycles. The van der Waals surface area contributed by atoms with Crippen LogP contribution in [0.15, 0.2) is 24.3 Å². The molecular formula is C16H18F3NO2. The normalized spacial score (nSPS) is 25.8. The SMILES string of the molecule is COc1cc(C2=CC3COCC(C2)N3C)cc(C(F)(F)F)c1. The van der Waals surface area contributed by atoms with Crippen LogP contribution in [0, 0.1) is 0 Å². The molecule has 0 radical (unpaired) electrons. The second kappa shape index (κ2) is 5.59. The Labute approximate surface area is 127 Å². The van der Waals surface area contributed by atoms with E-state index in [0.717, 1.165) is 11.6 Å². The lowest BCUT2D eigenvalue weighted by Gasteiger charge is -2.42. The number of hydrogen-bond acceptors (Lipinski definition) is 3. The maximum Gasteiger partial charge on any atom is 0.416 e. The molecule has 2 bridgehead atoms. The second-order valence-corrected chi connectivity index (χ2v) is 5.77. The summed E-state index contributed by atoms with van der Waals surface area (Å²) in [7, 11) is 3.41. The highest BCUT2D eigenvalue weighted by atomic mass is 19.4. The van der Waals surface area contributed by atoms with Gasteiger partial charge in [0.15, 0.2) is 0 Å². The Balaban J connectivity index is 2.01. The zero-order valence-corrected chi connectivity index (χ0v) is 12.5. The number of rotatable bonds is 2. The molecule has 3 rings (SSSR count). The Morgan fingerprint density at radius 2 is 2.00 bits per heavy atom. The van der Waals surface area contributed by atoms with Crippen molar-refractivity contribution in [2.75, 3.05) is 27.4 Å². The van der Waals surface area contributed by atoms with Gasteiger partial charge < -0.3 is 9.47 Å². The number of hydrogen-bond donors (Lipinski definition) is 0. The van der Waals surface area contributed by atoms with Gasteiger partial charge in [-0.05, 0) is 42.8 Å². The summed E-state index contributed by atoms with van der Waals surface area (Å²) in [6.45, 7) is 1.19. The van der Waals surface area contributed by atoms with Gasteiger partial charge in [-0.25, -0.2) is 0 Å². The Kier molecular flexibility index (Phi) is 3.91. The first kappa shape index (κ1) is 15.4. The van der Waals surface area contributed by atoms with E-state index in [0.29, 0.717) is 25.2 Å². The molecule has 6 heteroatoms. The largest absolute Gasteiger partial charge is 0.497 e. The molecule has 0 aromatic heterocycles. The van der Waals surface area contributed by atoms with Crippen molar-refractivity contribution in [3.63, 3.8) is 0 Å². The minimum atomic E-state index is -4.38. The summed E-state index contributed by atoms with van der Waals surface area (Å²) in [5.41, 5.74) is 0.834. The second-order valence-electron chi connectivity index (χ2n) is 5.77. The Morgan fingerprint density at radius 3 is 2.64 bits per heavy atom. The van der Waals surface area contributed by atoms with Crippen molar-refractivity contribution >= 4 is 5.57 Å². The van der Waals surface area contributed by atoms with Crippen LogP contribution in [0.5, 0.6) is 5.75 Å². The predicted molar refractivity (Wildman–Crippen MR) is 76.7 cm³/mol. The van der Waals surface area contributed by atoms with Crippen LogP contribution in [0.4, 0.5) is 13.2 Å². The van der Waals surface area contributed by atoms with Crippen LogP contribution in [-0.4, -0.2) is 44.4 Å². The fourth-order valence-electron chi connectivity index (χ4n) is 3.03. The molecule has 3 nitrogen and oxygen atoms in total. The molecule has 2 aliphatic rings. The molecule has 1 aromatic rings. The molecule has 1 fully saturated rings. The van der Waals surface area contributed by atoms with Gasteiger partial charge in [0.05, 0.1) is 31.9 Å². The molecular weight excluding hydrogens is 295 g/mol. The summed E-state index contributed by atoms with van der Waals surface area (Å²) in [6.07, 6.45) is -1.70. The summed E-state index contributed by atoms with van der Waals surface area (Å²) < 4.78 is 49.7. The van der Waals surface area contributed by atoms with Gasteiger partial charge in [0.25, 0.3) is 0 Å². The first-order valence-corrected chi connectivity index (χ1v) is 7.15. The first-order chi connectivity index (χ1) is 10.4. The summed E-state index contributed by atoms with van der Waals surface area (Å²) in [5.74, 6) is 0.228. The van der Waals surface area contributed by atoms with Crippen LogP contribution < -0.4 is 4.74 Å². The number of benzene rings is 1. The van der Waals surface area contributed by atoms with E-state index in [-0.39, 0.29) is 17.8 Å². The molecule has 120 valence electrons.